The lowest BCUT2D eigenvalue weighted by atomic mass is 10.8. The molecule has 0 aromatic rings. The summed E-state index contributed by atoms with van der Waals surface area (Å²) in [6.07, 6.45) is 0. The van der Waals surface area contributed by atoms with E-state index in [0.29, 0.717) is 19.8 Å². The van der Waals surface area contributed by atoms with E-state index >= 15 is 0 Å². The van der Waals surface area contributed by atoms with E-state index in [1.165, 1.54) is 0 Å². The standard InChI is InChI=1S/C8H21NO3Si/c1-4-10-13(8-7-9,11-5-2)12-6-3/h4-9H2,1-3H3/p+1. The van der Waals surface area contributed by atoms with Gasteiger partial charge in [0.1, 0.15) is 0 Å². The Kier molecular flexibility index (Phi) is 7.49. The molecule has 0 aromatic heterocycles. The van der Waals surface area contributed by atoms with Crippen LogP contribution in [-0.2, 0) is 13.3 Å². The van der Waals surface area contributed by atoms with Crippen molar-refractivity contribution < 1.29 is 19.0 Å². The van der Waals surface area contributed by atoms with Crippen LogP contribution >= 0.6 is 0 Å². The molecule has 0 aliphatic carbocycles. The summed E-state index contributed by atoms with van der Waals surface area (Å²) >= 11 is 0. The van der Waals surface area contributed by atoms with Crippen molar-refractivity contribution in [2.24, 2.45) is 0 Å². The summed E-state index contributed by atoms with van der Waals surface area (Å²) in [5.74, 6) is 0. The fraction of sp³-hybridized carbons (Fsp3) is 1.00. The Balaban J connectivity index is 4.19. The van der Waals surface area contributed by atoms with E-state index in [4.69, 9.17) is 13.3 Å². The van der Waals surface area contributed by atoms with Gasteiger partial charge in [0.15, 0.2) is 0 Å². The fourth-order valence-corrected chi connectivity index (χ4v) is 3.65. The van der Waals surface area contributed by atoms with Crippen LogP contribution < -0.4 is 5.73 Å². The first-order chi connectivity index (χ1) is 6.24. The van der Waals surface area contributed by atoms with Gasteiger partial charge in [0.2, 0.25) is 0 Å². The van der Waals surface area contributed by atoms with Crippen LogP contribution in [0.25, 0.3) is 0 Å². The van der Waals surface area contributed by atoms with E-state index < -0.39 is 8.80 Å². The number of hydrogen-bond acceptors (Lipinski definition) is 3. The van der Waals surface area contributed by atoms with Gasteiger partial charge in [-0.1, -0.05) is 0 Å². The van der Waals surface area contributed by atoms with Gasteiger partial charge in [-0.2, -0.15) is 0 Å². The van der Waals surface area contributed by atoms with E-state index in [0.717, 1.165) is 12.6 Å². The average Bonchev–Trinajstić information content (AvgIpc) is 2.06. The van der Waals surface area contributed by atoms with Crippen LogP contribution in [-0.4, -0.2) is 35.2 Å². The fourth-order valence-electron chi connectivity index (χ4n) is 1.22. The largest absolute Gasteiger partial charge is 0.506 e. The summed E-state index contributed by atoms with van der Waals surface area (Å²) in [7, 11) is -2.36. The minimum absolute atomic E-state index is 0.645. The summed E-state index contributed by atoms with van der Waals surface area (Å²) in [5, 5.41) is 0. The Morgan fingerprint density at radius 1 is 0.923 bits per heavy atom. The molecule has 0 aliphatic heterocycles. The lowest BCUT2D eigenvalue weighted by molar-refractivity contribution is -0.363. The quantitative estimate of drug-likeness (QED) is 0.583. The normalized spacial score (nSPS) is 12.0. The zero-order valence-electron chi connectivity index (χ0n) is 8.97. The highest BCUT2D eigenvalue weighted by atomic mass is 28.4. The Bertz CT molecular complexity index is 94.4. The highest BCUT2D eigenvalue weighted by Gasteiger charge is 2.40. The molecule has 13 heavy (non-hydrogen) atoms. The third-order valence-corrected chi connectivity index (χ3v) is 4.73. The number of quaternary nitrogens is 1. The Labute approximate surface area is 81.7 Å². The first kappa shape index (κ1) is 13.1. The van der Waals surface area contributed by atoms with Crippen molar-refractivity contribution in [2.45, 2.75) is 26.8 Å². The van der Waals surface area contributed by atoms with Gasteiger partial charge in [-0.25, -0.2) is 0 Å². The average molecular weight is 208 g/mol. The first-order valence-corrected chi connectivity index (χ1v) is 6.89. The van der Waals surface area contributed by atoms with Gasteiger partial charge in [-0.3, -0.25) is 0 Å². The van der Waals surface area contributed by atoms with Gasteiger partial charge in [-0.05, 0) is 20.8 Å². The molecule has 0 fully saturated rings. The molecule has 3 N–H and O–H groups in total. The Morgan fingerprint density at radius 3 is 1.54 bits per heavy atom. The molecule has 5 heteroatoms. The van der Waals surface area contributed by atoms with Crippen molar-refractivity contribution >= 4 is 8.80 Å². The van der Waals surface area contributed by atoms with Crippen molar-refractivity contribution in [1.29, 1.82) is 0 Å². The Hall–Kier alpha value is 0.0569. The third-order valence-electron chi connectivity index (χ3n) is 1.58. The van der Waals surface area contributed by atoms with Crippen LogP contribution in [0.4, 0.5) is 0 Å². The molecule has 0 saturated carbocycles. The van der Waals surface area contributed by atoms with Crippen LogP contribution in [0.15, 0.2) is 0 Å². The van der Waals surface area contributed by atoms with E-state index in [9.17, 15) is 0 Å². The minimum Gasteiger partial charge on any atom is -0.374 e. The second kappa shape index (κ2) is 7.46. The molecule has 0 atom stereocenters. The molecule has 0 unspecified atom stereocenters. The molecule has 0 heterocycles. The van der Waals surface area contributed by atoms with Crippen molar-refractivity contribution in [3.05, 3.63) is 0 Å². The SMILES string of the molecule is CCO[Si](CC[NH3+])(OCC)OCC. The molecule has 0 radical (unpaired) electrons. The number of hydrogen-bond donors (Lipinski definition) is 1. The van der Waals surface area contributed by atoms with Crippen molar-refractivity contribution in [3.63, 3.8) is 0 Å². The van der Waals surface area contributed by atoms with Gasteiger partial charge in [0, 0.05) is 19.8 Å². The lowest BCUT2D eigenvalue weighted by Gasteiger charge is -2.27. The van der Waals surface area contributed by atoms with Crippen LogP contribution in [0.3, 0.4) is 0 Å². The van der Waals surface area contributed by atoms with Gasteiger partial charge >= 0.3 is 8.80 Å². The molecule has 0 rings (SSSR count). The lowest BCUT2D eigenvalue weighted by Crippen LogP contribution is -2.57. The monoisotopic (exact) mass is 208 g/mol. The minimum atomic E-state index is -2.36. The Morgan fingerprint density at radius 2 is 1.31 bits per heavy atom. The zero-order valence-corrected chi connectivity index (χ0v) is 9.97. The van der Waals surface area contributed by atoms with Crippen molar-refractivity contribution in [3.8, 4) is 0 Å². The molecule has 4 nitrogen and oxygen atoms in total. The van der Waals surface area contributed by atoms with Gasteiger partial charge < -0.3 is 19.0 Å². The molecular formula is C8H22NO3Si+. The van der Waals surface area contributed by atoms with E-state index in [1.54, 1.807) is 0 Å². The van der Waals surface area contributed by atoms with Gasteiger partial charge in [-0.15, -0.1) is 0 Å². The van der Waals surface area contributed by atoms with Crippen molar-refractivity contribution in [1.82, 2.24) is 0 Å². The molecule has 0 spiro atoms. The first-order valence-electron chi connectivity index (χ1n) is 4.95. The van der Waals surface area contributed by atoms with Crippen LogP contribution in [0.1, 0.15) is 20.8 Å². The predicted octanol–water partition coefficient (Wildman–Crippen LogP) is 0.277. The third kappa shape index (κ3) is 4.73. The van der Waals surface area contributed by atoms with E-state index in [-0.39, 0.29) is 0 Å². The summed E-state index contributed by atoms with van der Waals surface area (Å²) in [6.45, 7) is 8.62. The van der Waals surface area contributed by atoms with Crippen LogP contribution in [0.2, 0.25) is 6.04 Å². The maximum absolute atomic E-state index is 5.61. The second-order valence-corrected chi connectivity index (χ2v) is 5.32. The topological polar surface area (TPSA) is 55.3 Å². The summed E-state index contributed by atoms with van der Waals surface area (Å²) in [6, 6.07) is 0.808. The van der Waals surface area contributed by atoms with Crippen LogP contribution in [0, 0.1) is 0 Å². The van der Waals surface area contributed by atoms with Gasteiger partial charge in [0.05, 0.1) is 12.6 Å². The maximum Gasteiger partial charge on any atom is 0.506 e. The van der Waals surface area contributed by atoms with Crippen molar-refractivity contribution in [2.75, 3.05) is 26.4 Å². The second-order valence-electron chi connectivity index (χ2n) is 2.59. The number of rotatable bonds is 8. The molecule has 0 aromatic carbocycles. The van der Waals surface area contributed by atoms with E-state index in [2.05, 4.69) is 5.73 Å². The van der Waals surface area contributed by atoms with Gasteiger partial charge in [0.25, 0.3) is 0 Å². The molecule has 80 valence electrons. The highest BCUT2D eigenvalue weighted by molar-refractivity contribution is 6.60. The zero-order chi connectivity index (χ0) is 10.2. The summed E-state index contributed by atoms with van der Waals surface area (Å²) < 4.78 is 16.8. The molecule has 0 saturated heterocycles. The van der Waals surface area contributed by atoms with Crippen LogP contribution in [0.5, 0.6) is 0 Å². The predicted molar refractivity (Wildman–Crippen MR) is 53.2 cm³/mol. The molecule has 0 amide bonds. The smallest absolute Gasteiger partial charge is 0.374 e. The van der Waals surface area contributed by atoms with E-state index in [1.807, 2.05) is 20.8 Å². The summed E-state index contributed by atoms with van der Waals surface area (Å²) in [4.78, 5) is 0. The molecule has 0 bridgehead atoms. The highest BCUT2D eigenvalue weighted by Crippen LogP contribution is 2.14. The maximum atomic E-state index is 5.61. The molecular weight excluding hydrogens is 186 g/mol. The summed E-state index contributed by atoms with van der Waals surface area (Å²) in [5.41, 5.74) is 3.81. The molecule has 0 aliphatic rings.